The molecule has 27 heavy (non-hydrogen) atoms. The number of aromatic amines is 1. The number of nitriles is 1. The van der Waals surface area contributed by atoms with Gasteiger partial charge in [0.2, 0.25) is 0 Å². The fraction of sp³-hybridized carbons (Fsp3) is 0.143. The average molecular weight is 355 g/mol. The molecule has 0 saturated carbocycles. The van der Waals surface area contributed by atoms with E-state index in [2.05, 4.69) is 16.2 Å². The molecule has 0 aliphatic heterocycles. The fourth-order valence-corrected chi connectivity index (χ4v) is 3.29. The van der Waals surface area contributed by atoms with Gasteiger partial charge in [-0.2, -0.15) is 5.26 Å². The number of H-pyrrole nitrogens is 1. The first-order valence-corrected chi connectivity index (χ1v) is 8.58. The second kappa shape index (κ2) is 6.54. The van der Waals surface area contributed by atoms with Crippen LogP contribution in [0.4, 0.5) is 0 Å². The predicted octanol–water partition coefficient (Wildman–Crippen LogP) is 3.16. The molecule has 0 aliphatic carbocycles. The third-order valence-corrected chi connectivity index (χ3v) is 4.68. The zero-order valence-corrected chi connectivity index (χ0v) is 15.0. The Labute approximate surface area is 155 Å². The minimum absolute atomic E-state index is 0.111. The highest BCUT2D eigenvalue weighted by atomic mass is 16.1. The molecule has 4 aromatic rings. The summed E-state index contributed by atoms with van der Waals surface area (Å²) < 4.78 is 1.50. The van der Waals surface area contributed by atoms with E-state index >= 15 is 0 Å². The lowest BCUT2D eigenvalue weighted by Crippen LogP contribution is -2.22. The Morgan fingerprint density at radius 2 is 1.96 bits per heavy atom. The lowest BCUT2D eigenvalue weighted by atomic mass is 10.0. The molecular weight excluding hydrogens is 338 g/mol. The van der Waals surface area contributed by atoms with Crippen molar-refractivity contribution >= 4 is 5.65 Å². The van der Waals surface area contributed by atoms with Gasteiger partial charge in [-0.3, -0.25) is 14.9 Å². The Balaban J connectivity index is 1.85. The molecule has 1 aromatic carbocycles. The van der Waals surface area contributed by atoms with E-state index in [1.807, 2.05) is 38.1 Å². The summed E-state index contributed by atoms with van der Waals surface area (Å²) in [6, 6.07) is 13.2. The number of hydrogen-bond donors (Lipinski definition) is 1. The summed E-state index contributed by atoms with van der Waals surface area (Å²) in [6.07, 6.45) is 3.95. The molecule has 132 valence electrons. The molecule has 3 heterocycles. The second-order valence-electron chi connectivity index (χ2n) is 6.48. The molecule has 3 aromatic heterocycles. The van der Waals surface area contributed by atoms with E-state index in [1.54, 1.807) is 24.5 Å². The molecule has 0 radical (unpaired) electrons. The van der Waals surface area contributed by atoms with Crippen LogP contribution in [0.2, 0.25) is 0 Å². The van der Waals surface area contributed by atoms with Crippen molar-refractivity contribution in [2.45, 2.75) is 20.3 Å². The molecule has 0 saturated heterocycles. The van der Waals surface area contributed by atoms with Gasteiger partial charge in [0.1, 0.15) is 0 Å². The van der Waals surface area contributed by atoms with Gasteiger partial charge in [0.15, 0.2) is 5.65 Å². The van der Waals surface area contributed by atoms with Gasteiger partial charge in [-0.15, -0.1) is 0 Å². The van der Waals surface area contributed by atoms with Gasteiger partial charge in [-0.05, 0) is 37.6 Å². The highest BCUT2D eigenvalue weighted by Gasteiger charge is 2.17. The maximum absolute atomic E-state index is 13.1. The minimum Gasteiger partial charge on any atom is -0.293 e. The highest BCUT2D eigenvalue weighted by Crippen LogP contribution is 2.26. The lowest BCUT2D eigenvalue weighted by Gasteiger charge is -2.07. The number of rotatable bonds is 3. The number of nitrogens with zero attached hydrogens (tertiary/aromatic N) is 4. The number of nitrogens with one attached hydrogen (secondary N) is 1. The summed E-state index contributed by atoms with van der Waals surface area (Å²) in [5, 5.41) is 12.1. The van der Waals surface area contributed by atoms with E-state index in [-0.39, 0.29) is 5.56 Å². The molecule has 0 spiro atoms. The summed E-state index contributed by atoms with van der Waals surface area (Å²) >= 11 is 0. The normalized spacial score (nSPS) is 10.9. The van der Waals surface area contributed by atoms with Crippen LogP contribution in [-0.2, 0) is 6.42 Å². The molecule has 0 aliphatic rings. The Hall–Kier alpha value is -3.72. The van der Waals surface area contributed by atoms with Gasteiger partial charge >= 0.3 is 0 Å². The minimum atomic E-state index is -0.111. The number of pyridine rings is 1. The number of aromatic nitrogens is 4. The van der Waals surface area contributed by atoms with Crippen LogP contribution in [0.15, 0.2) is 53.6 Å². The maximum Gasteiger partial charge on any atom is 0.276 e. The summed E-state index contributed by atoms with van der Waals surface area (Å²) in [6.45, 7) is 3.78. The average Bonchev–Trinajstić information content (AvgIpc) is 3.02. The van der Waals surface area contributed by atoms with Gasteiger partial charge in [-0.25, -0.2) is 9.50 Å². The van der Waals surface area contributed by atoms with Crippen LogP contribution >= 0.6 is 0 Å². The van der Waals surface area contributed by atoms with Crippen molar-refractivity contribution in [3.63, 3.8) is 0 Å². The van der Waals surface area contributed by atoms with E-state index in [1.165, 1.54) is 4.52 Å². The largest absolute Gasteiger partial charge is 0.293 e. The molecule has 0 amide bonds. The number of aryl methyl sites for hydroxylation is 2. The maximum atomic E-state index is 13.1. The molecule has 0 atom stereocenters. The van der Waals surface area contributed by atoms with Gasteiger partial charge in [0, 0.05) is 46.9 Å². The van der Waals surface area contributed by atoms with Gasteiger partial charge in [0.25, 0.3) is 5.56 Å². The summed E-state index contributed by atoms with van der Waals surface area (Å²) in [7, 11) is 0. The molecule has 4 rings (SSSR count). The van der Waals surface area contributed by atoms with Crippen LogP contribution in [0.1, 0.15) is 28.1 Å². The van der Waals surface area contributed by atoms with E-state index in [4.69, 9.17) is 10.2 Å². The van der Waals surface area contributed by atoms with Crippen molar-refractivity contribution in [3.05, 3.63) is 87.2 Å². The van der Waals surface area contributed by atoms with Crippen LogP contribution in [-0.4, -0.2) is 19.6 Å². The molecule has 6 nitrogen and oxygen atoms in total. The summed E-state index contributed by atoms with van der Waals surface area (Å²) in [5.74, 6) is 0. The van der Waals surface area contributed by atoms with E-state index < -0.39 is 0 Å². The zero-order valence-electron chi connectivity index (χ0n) is 15.0. The third kappa shape index (κ3) is 2.89. The van der Waals surface area contributed by atoms with Gasteiger partial charge < -0.3 is 0 Å². The van der Waals surface area contributed by atoms with Crippen molar-refractivity contribution in [2.75, 3.05) is 0 Å². The molecule has 0 bridgehead atoms. The van der Waals surface area contributed by atoms with E-state index in [0.29, 0.717) is 28.9 Å². The highest BCUT2D eigenvalue weighted by molar-refractivity contribution is 5.79. The van der Waals surface area contributed by atoms with E-state index in [9.17, 15) is 4.79 Å². The van der Waals surface area contributed by atoms with Crippen LogP contribution in [0, 0.1) is 25.2 Å². The Kier molecular flexibility index (Phi) is 4.05. The molecule has 1 N–H and O–H groups in total. The van der Waals surface area contributed by atoms with Crippen LogP contribution < -0.4 is 5.56 Å². The Morgan fingerprint density at radius 1 is 1.19 bits per heavy atom. The monoisotopic (exact) mass is 355 g/mol. The van der Waals surface area contributed by atoms with Crippen LogP contribution in [0.3, 0.4) is 0 Å². The van der Waals surface area contributed by atoms with Crippen molar-refractivity contribution in [1.29, 1.82) is 5.26 Å². The first-order valence-electron chi connectivity index (χ1n) is 8.58. The molecular formula is C21H17N5O. The van der Waals surface area contributed by atoms with Gasteiger partial charge in [0.05, 0.1) is 11.6 Å². The van der Waals surface area contributed by atoms with Gasteiger partial charge in [-0.1, -0.05) is 18.2 Å². The SMILES string of the molecule is Cc1nc2c(-c3cccnc3)c(C)[nH]n2c(=O)c1Cc1ccc(C#N)cc1. The zero-order chi connectivity index (χ0) is 19.0. The Morgan fingerprint density at radius 3 is 2.63 bits per heavy atom. The molecule has 0 unspecified atom stereocenters. The fourth-order valence-electron chi connectivity index (χ4n) is 3.29. The van der Waals surface area contributed by atoms with Crippen LogP contribution in [0.25, 0.3) is 16.8 Å². The van der Waals surface area contributed by atoms with Crippen molar-refractivity contribution in [1.82, 2.24) is 19.6 Å². The first kappa shape index (κ1) is 16.7. The van der Waals surface area contributed by atoms with E-state index in [0.717, 1.165) is 22.4 Å². The quantitative estimate of drug-likeness (QED) is 0.611. The Bertz CT molecular complexity index is 1230. The van der Waals surface area contributed by atoms with Crippen molar-refractivity contribution in [3.8, 4) is 17.2 Å². The number of benzene rings is 1. The summed E-state index contributed by atoms with van der Waals surface area (Å²) in [4.78, 5) is 22.0. The number of hydrogen-bond acceptors (Lipinski definition) is 4. The summed E-state index contributed by atoms with van der Waals surface area (Å²) in [5.41, 5.74) is 6.06. The number of fused-ring (bicyclic) bond motifs is 1. The second-order valence-corrected chi connectivity index (χ2v) is 6.48. The molecule has 6 heteroatoms. The van der Waals surface area contributed by atoms with Crippen LogP contribution in [0.5, 0.6) is 0 Å². The lowest BCUT2D eigenvalue weighted by molar-refractivity contribution is 0.847. The topological polar surface area (TPSA) is 86.8 Å². The standard InChI is InChI=1S/C21H17N5O/c1-13-18(10-15-5-7-16(11-22)8-6-15)21(27)26-20(24-13)19(14(2)25-26)17-4-3-9-23-12-17/h3-9,12,25H,10H2,1-2H3. The first-order chi connectivity index (χ1) is 13.1. The molecule has 0 fully saturated rings. The van der Waals surface area contributed by atoms with Crippen molar-refractivity contribution < 1.29 is 0 Å². The smallest absolute Gasteiger partial charge is 0.276 e. The third-order valence-electron chi connectivity index (χ3n) is 4.68. The van der Waals surface area contributed by atoms with Crippen molar-refractivity contribution in [2.24, 2.45) is 0 Å². The predicted molar refractivity (Wildman–Crippen MR) is 102 cm³/mol.